The molecule has 0 spiro atoms. The maximum Gasteiger partial charge on any atom is 0.226 e. The van der Waals surface area contributed by atoms with Gasteiger partial charge in [0.25, 0.3) is 0 Å². The monoisotopic (exact) mass is 262 g/mol. The summed E-state index contributed by atoms with van der Waals surface area (Å²) in [6.07, 6.45) is 5.32. The van der Waals surface area contributed by atoms with Gasteiger partial charge in [-0.15, -0.1) is 0 Å². The Hall–Kier alpha value is -1.85. The lowest BCUT2D eigenvalue weighted by Crippen LogP contribution is -2.17. The Balaban J connectivity index is 2.21. The lowest BCUT2D eigenvalue weighted by Gasteiger charge is -2.15. The zero-order valence-corrected chi connectivity index (χ0v) is 11.8. The fourth-order valence-electron chi connectivity index (χ4n) is 2.00. The summed E-state index contributed by atoms with van der Waals surface area (Å²) in [6, 6.07) is 0.391. The van der Waals surface area contributed by atoms with E-state index < -0.39 is 0 Å². The van der Waals surface area contributed by atoms with Gasteiger partial charge in [0, 0.05) is 12.6 Å². The molecular weight excluding hydrogens is 240 g/mol. The maximum atomic E-state index is 4.52. The van der Waals surface area contributed by atoms with Crippen LogP contribution in [0.1, 0.15) is 40.0 Å². The molecule has 0 aliphatic carbocycles. The standard InChI is InChI=1S/C13H22N6/c1-4-6-7-9(3)16-11-10-8-15-19-12(10)18-13(17-11)14-5-2/h8-9H,4-7H2,1-3H3,(H3,14,15,16,17,18,19). The summed E-state index contributed by atoms with van der Waals surface area (Å²) in [4.78, 5) is 8.89. The maximum absolute atomic E-state index is 4.52. The largest absolute Gasteiger partial charge is 0.367 e. The molecule has 0 saturated carbocycles. The van der Waals surface area contributed by atoms with Crippen molar-refractivity contribution in [3.05, 3.63) is 6.20 Å². The smallest absolute Gasteiger partial charge is 0.226 e. The number of H-pyrrole nitrogens is 1. The number of hydrogen-bond acceptors (Lipinski definition) is 5. The van der Waals surface area contributed by atoms with Gasteiger partial charge in [-0.3, -0.25) is 5.10 Å². The van der Waals surface area contributed by atoms with Crippen LogP contribution >= 0.6 is 0 Å². The van der Waals surface area contributed by atoms with Crippen LogP contribution in [0.25, 0.3) is 11.0 Å². The minimum Gasteiger partial charge on any atom is -0.367 e. The van der Waals surface area contributed by atoms with Gasteiger partial charge in [-0.2, -0.15) is 15.1 Å². The van der Waals surface area contributed by atoms with Crippen LogP contribution in [0.3, 0.4) is 0 Å². The third kappa shape index (κ3) is 3.33. The molecule has 0 aliphatic heterocycles. The molecule has 104 valence electrons. The van der Waals surface area contributed by atoms with Crippen LogP contribution in [-0.4, -0.2) is 32.8 Å². The van der Waals surface area contributed by atoms with Gasteiger partial charge in [-0.05, 0) is 20.3 Å². The third-order valence-corrected chi connectivity index (χ3v) is 3.02. The van der Waals surface area contributed by atoms with Gasteiger partial charge < -0.3 is 10.6 Å². The number of nitrogens with zero attached hydrogens (tertiary/aromatic N) is 3. The number of aromatic amines is 1. The average Bonchev–Trinajstić information content (AvgIpc) is 2.85. The molecule has 1 atom stereocenters. The molecule has 0 aromatic carbocycles. The molecule has 2 rings (SSSR count). The second kappa shape index (κ2) is 6.36. The van der Waals surface area contributed by atoms with Crippen LogP contribution in [0.2, 0.25) is 0 Å². The first-order valence-electron chi connectivity index (χ1n) is 6.96. The van der Waals surface area contributed by atoms with E-state index in [0.717, 1.165) is 29.8 Å². The van der Waals surface area contributed by atoms with Crippen molar-refractivity contribution >= 4 is 22.8 Å². The molecule has 19 heavy (non-hydrogen) atoms. The Morgan fingerprint density at radius 1 is 1.32 bits per heavy atom. The van der Waals surface area contributed by atoms with E-state index >= 15 is 0 Å². The van der Waals surface area contributed by atoms with E-state index in [9.17, 15) is 0 Å². The molecule has 2 aromatic rings. The minimum atomic E-state index is 0.391. The summed E-state index contributed by atoms with van der Waals surface area (Å²) in [5.74, 6) is 1.47. The molecule has 0 aliphatic rings. The molecule has 0 fully saturated rings. The SMILES string of the molecule is CCCCC(C)Nc1nc(NCC)nc2[nH]ncc12. The zero-order valence-electron chi connectivity index (χ0n) is 11.8. The van der Waals surface area contributed by atoms with Crippen molar-refractivity contribution in [3.63, 3.8) is 0 Å². The number of nitrogens with one attached hydrogen (secondary N) is 3. The quantitative estimate of drug-likeness (QED) is 0.715. The van der Waals surface area contributed by atoms with Crippen molar-refractivity contribution in [2.45, 2.75) is 46.1 Å². The van der Waals surface area contributed by atoms with Crippen LogP contribution in [0.15, 0.2) is 6.20 Å². The molecule has 2 aromatic heterocycles. The van der Waals surface area contributed by atoms with Gasteiger partial charge in [0.05, 0.1) is 11.6 Å². The van der Waals surface area contributed by atoms with E-state index in [2.05, 4.69) is 44.6 Å². The van der Waals surface area contributed by atoms with Crippen molar-refractivity contribution in [3.8, 4) is 0 Å². The predicted molar refractivity (Wildman–Crippen MR) is 78.5 cm³/mol. The van der Waals surface area contributed by atoms with E-state index in [-0.39, 0.29) is 0 Å². The molecule has 1 unspecified atom stereocenters. The topological polar surface area (TPSA) is 78.5 Å². The van der Waals surface area contributed by atoms with Crippen LogP contribution in [-0.2, 0) is 0 Å². The summed E-state index contributed by atoms with van der Waals surface area (Å²) in [6.45, 7) is 7.20. The Bertz CT molecular complexity index is 521. The van der Waals surface area contributed by atoms with Crippen LogP contribution in [0.5, 0.6) is 0 Å². The van der Waals surface area contributed by atoms with Gasteiger partial charge in [-0.1, -0.05) is 19.8 Å². The zero-order chi connectivity index (χ0) is 13.7. The second-order valence-corrected chi connectivity index (χ2v) is 4.75. The number of hydrogen-bond donors (Lipinski definition) is 3. The summed E-state index contributed by atoms with van der Waals surface area (Å²) in [7, 11) is 0. The predicted octanol–water partition coefficient (Wildman–Crippen LogP) is 2.78. The minimum absolute atomic E-state index is 0.391. The first-order valence-corrected chi connectivity index (χ1v) is 6.96. The Labute approximate surface area is 113 Å². The third-order valence-electron chi connectivity index (χ3n) is 3.02. The van der Waals surface area contributed by atoms with Crippen molar-refractivity contribution in [2.24, 2.45) is 0 Å². The van der Waals surface area contributed by atoms with Crippen molar-refractivity contribution in [2.75, 3.05) is 17.2 Å². The van der Waals surface area contributed by atoms with Crippen LogP contribution < -0.4 is 10.6 Å². The molecule has 3 N–H and O–H groups in total. The highest BCUT2D eigenvalue weighted by molar-refractivity contribution is 5.87. The summed E-state index contributed by atoms with van der Waals surface area (Å²) >= 11 is 0. The van der Waals surface area contributed by atoms with E-state index in [0.29, 0.717) is 12.0 Å². The molecule has 0 bridgehead atoms. The molecule has 0 radical (unpaired) electrons. The number of anilines is 2. The Morgan fingerprint density at radius 2 is 2.16 bits per heavy atom. The highest BCUT2D eigenvalue weighted by atomic mass is 15.2. The van der Waals surface area contributed by atoms with E-state index in [1.165, 1.54) is 12.8 Å². The van der Waals surface area contributed by atoms with E-state index in [1.807, 2.05) is 6.92 Å². The van der Waals surface area contributed by atoms with Gasteiger partial charge >= 0.3 is 0 Å². The highest BCUT2D eigenvalue weighted by Gasteiger charge is 2.11. The number of unbranched alkanes of at least 4 members (excludes halogenated alkanes) is 1. The van der Waals surface area contributed by atoms with Crippen LogP contribution in [0.4, 0.5) is 11.8 Å². The number of rotatable bonds is 7. The summed E-state index contributed by atoms with van der Waals surface area (Å²) in [5, 5.41) is 14.5. The van der Waals surface area contributed by atoms with Crippen molar-refractivity contribution < 1.29 is 0 Å². The normalized spacial score (nSPS) is 12.6. The molecule has 0 amide bonds. The second-order valence-electron chi connectivity index (χ2n) is 4.75. The van der Waals surface area contributed by atoms with Gasteiger partial charge in [0.15, 0.2) is 5.65 Å². The average molecular weight is 262 g/mol. The van der Waals surface area contributed by atoms with Crippen LogP contribution in [0, 0.1) is 0 Å². The fraction of sp³-hybridized carbons (Fsp3) is 0.615. The highest BCUT2D eigenvalue weighted by Crippen LogP contribution is 2.21. The number of fused-ring (bicyclic) bond motifs is 1. The first-order chi connectivity index (χ1) is 9.24. The lowest BCUT2D eigenvalue weighted by molar-refractivity contribution is 0.644. The Kier molecular flexibility index (Phi) is 4.54. The van der Waals surface area contributed by atoms with E-state index in [4.69, 9.17) is 0 Å². The summed E-state index contributed by atoms with van der Waals surface area (Å²) in [5.41, 5.74) is 0.760. The van der Waals surface area contributed by atoms with Gasteiger partial charge in [0.1, 0.15) is 5.82 Å². The van der Waals surface area contributed by atoms with Gasteiger partial charge in [0.2, 0.25) is 5.95 Å². The Morgan fingerprint density at radius 3 is 2.89 bits per heavy atom. The van der Waals surface area contributed by atoms with Crippen molar-refractivity contribution in [1.82, 2.24) is 20.2 Å². The molecule has 2 heterocycles. The van der Waals surface area contributed by atoms with Gasteiger partial charge in [-0.25, -0.2) is 0 Å². The van der Waals surface area contributed by atoms with E-state index in [1.54, 1.807) is 6.20 Å². The summed E-state index contributed by atoms with van der Waals surface area (Å²) < 4.78 is 0. The lowest BCUT2D eigenvalue weighted by atomic mass is 10.1. The molecule has 6 heteroatoms. The first kappa shape index (κ1) is 13.6. The molecule has 0 saturated heterocycles. The number of aromatic nitrogens is 4. The van der Waals surface area contributed by atoms with Crippen molar-refractivity contribution in [1.29, 1.82) is 0 Å². The fourth-order valence-corrected chi connectivity index (χ4v) is 2.00. The molecule has 6 nitrogen and oxygen atoms in total. The molecular formula is C13H22N6.